The Labute approximate surface area is 114 Å². The Morgan fingerprint density at radius 3 is 2.71 bits per heavy atom. The standard InChI is InChI=1S/C12H15BrClNO2/c1-7(5-8(2)16)15-12(17)10-4-3-9(13)6-11(10)14/h3-4,6-8,16H,5H2,1-2H3,(H,15,17). The number of carbonyl (C=O) groups excluding carboxylic acids is 1. The summed E-state index contributed by atoms with van der Waals surface area (Å²) in [5.41, 5.74) is 0.437. The molecule has 0 aliphatic carbocycles. The van der Waals surface area contributed by atoms with E-state index in [0.717, 1.165) is 4.47 Å². The summed E-state index contributed by atoms with van der Waals surface area (Å²) in [7, 11) is 0. The highest BCUT2D eigenvalue weighted by molar-refractivity contribution is 9.10. The molecule has 2 atom stereocenters. The van der Waals surface area contributed by atoms with Gasteiger partial charge in [0.1, 0.15) is 0 Å². The van der Waals surface area contributed by atoms with Gasteiger partial charge in [-0.15, -0.1) is 0 Å². The Balaban J connectivity index is 2.70. The van der Waals surface area contributed by atoms with Crippen molar-refractivity contribution < 1.29 is 9.90 Å². The van der Waals surface area contributed by atoms with E-state index in [1.165, 1.54) is 0 Å². The Bertz CT molecular complexity index is 409. The summed E-state index contributed by atoms with van der Waals surface area (Å²) >= 11 is 9.25. The highest BCUT2D eigenvalue weighted by Crippen LogP contribution is 2.21. The molecule has 3 nitrogen and oxygen atoms in total. The first-order valence-electron chi connectivity index (χ1n) is 5.34. The molecule has 0 aliphatic rings. The van der Waals surface area contributed by atoms with E-state index >= 15 is 0 Å². The van der Waals surface area contributed by atoms with Crippen LogP contribution in [0.25, 0.3) is 0 Å². The van der Waals surface area contributed by atoms with Crippen LogP contribution in [0.1, 0.15) is 30.6 Å². The molecule has 0 saturated heterocycles. The van der Waals surface area contributed by atoms with E-state index in [2.05, 4.69) is 21.2 Å². The Kier molecular flexibility index (Phi) is 5.43. The summed E-state index contributed by atoms with van der Waals surface area (Å²) in [6.45, 7) is 3.53. The molecule has 1 rings (SSSR count). The largest absolute Gasteiger partial charge is 0.393 e. The maximum absolute atomic E-state index is 11.9. The molecule has 5 heteroatoms. The maximum Gasteiger partial charge on any atom is 0.253 e. The fourth-order valence-electron chi connectivity index (χ4n) is 1.55. The van der Waals surface area contributed by atoms with Crippen LogP contribution in [-0.4, -0.2) is 23.2 Å². The number of carbonyl (C=O) groups is 1. The van der Waals surface area contributed by atoms with E-state index < -0.39 is 6.10 Å². The van der Waals surface area contributed by atoms with Crippen molar-refractivity contribution in [2.45, 2.75) is 32.4 Å². The van der Waals surface area contributed by atoms with Crippen LogP contribution in [0.15, 0.2) is 22.7 Å². The third-order valence-electron chi connectivity index (χ3n) is 2.25. The average molecular weight is 321 g/mol. The monoisotopic (exact) mass is 319 g/mol. The molecule has 2 unspecified atom stereocenters. The Hall–Kier alpha value is -0.580. The highest BCUT2D eigenvalue weighted by atomic mass is 79.9. The predicted octanol–water partition coefficient (Wildman–Crippen LogP) is 2.99. The Morgan fingerprint density at radius 2 is 2.18 bits per heavy atom. The molecule has 1 aromatic carbocycles. The molecule has 0 fully saturated rings. The second-order valence-electron chi connectivity index (χ2n) is 4.08. The van der Waals surface area contributed by atoms with Crippen molar-refractivity contribution in [3.8, 4) is 0 Å². The number of hydrogen-bond acceptors (Lipinski definition) is 2. The fourth-order valence-corrected chi connectivity index (χ4v) is 2.31. The van der Waals surface area contributed by atoms with Crippen molar-refractivity contribution in [1.82, 2.24) is 5.32 Å². The fraction of sp³-hybridized carbons (Fsp3) is 0.417. The molecular weight excluding hydrogens is 305 g/mol. The van der Waals surface area contributed by atoms with Crippen LogP contribution >= 0.6 is 27.5 Å². The second kappa shape index (κ2) is 6.38. The lowest BCUT2D eigenvalue weighted by Gasteiger charge is -2.15. The molecular formula is C12H15BrClNO2. The minimum Gasteiger partial charge on any atom is -0.393 e. The van der Waals surface area contributed by atoms with Gasteiger partial charge in [0.15, 0.2) is 0 Å². The molecule has 0 radical (unpaired) electrons. The van der Waals surface area contributed by atoms with Crippen LogP contribution in [0.3, 0.4) is 0 Å². The van der Waals surface area contributed by atoms with E-state index in [-0.39, 0.29) is 11.9 Å². The summed E-state index contributed by atoms with van der Waals surface area (Å²) in [5.74, 6) is -0.226. The van der Waals surface area contributed by atoms with Crippen molar-refractivity contribution in [3.05, 3.63) is 33.3 Å². The van der Waals surface area contributed by atoms with Crippen LogP contribution in [0.4, 0.5) is 0 Å². The topological polar surface area (TPSA) is 49.3 Å². The van der Waals surface area contributed by atoms with Crippen LogP contribution in [0, 0.1) is 0 Å². The van der Waals surface area contributed by atoms with Crippen LogP contribution in [0.5, 0.6) is 0 Å². The van der Waals surface area contributed by atoms with Gasteiger partial charge in [0.25, 0.3) is 5.91 Å². The maximum atomic E-state index is 11.9. The van der Waals surface area contributed by atoms with Gasteiger partial charge in [0.05, 0.1) is 16.7 Å². The van der Waals surface area contributed by atoms with Crippen molar-refractivity contribution >= 4 is 33.4 Å². The second-order valence-corrected chi connectivity index (χ2v) is 5.41. The van der Waals surface area contributed by atoms with E-state index in [1.54, 1.807) is 25.1 Å². The summed E-state index contributed by atoms with van der Waals surface area (Å²) < 4.78 is 0.830. The molecule has 1 aromatic rings. The summed E-state index contributed by atoms with van der Waals surface area (Å²) in [4.78, 5) is 11.9. The van der Waals surface area contributed by atoms with E-state index in [0.29, 0.717) is 17.0 Å². The van der Waals surface area contributed by atoms with Gasteiger partial charge < -0.3 is 10.4 Å². The molecule has 1 amide bonds. The van der Waals surface area contributed by atoms with Crippen LogP contribution in [-0.2, 0) is 0 Å². The van der Waals surface area contributed by atoms with Gasteiger partial charge >= 0.3 is 0 Å². The zero-order valence-corrected chi connectivity index (χ0v) is 12.0. The number of nitrogens with one attached hydrogen (secondary N) is 1. The number of amides is 1. The minimum absolute atomic E-state index is 0.0952. The van der Waals surface area contributed by atoms with E-state index in [4.69, 9.17) is 11.6 Å². The van der Waals surface area contributed by atoms with Crippen molar-refractivity contribution in [2.75, 3.05) is 0 Å². The molecule has 0 aliphatic heterocycles. The zero-order chi connectivity index (χ0) is 13.0. The molecule has 0 aromatic heterocycles. The number of halogens is 2. The van der Waals surface area contributed by atoms with Gasteiger partial charge in [0.2, 0.25) is 0 Å². The van der Waals surface area contributed by atoms with Crippen molar-refractivity contribution in [3.63, 3.8) is 0 Å². The minimum atomic E-state index is -0.439. The lowest BCUT2D eigenvalue weighted by Crippen LogP contribution is -2.34. The SMILES string of the molecule is CC(O)CC(C)NC(=O)c1ccc(Br)cc1Cl. The van der Waals surface area contributed by atoms with Crippen molar-refractivity contribution in [2.24, 2.45) is 0 Å². The third-order valence-corrected chi connectivity index (χ3v) is 3.05. The molecule has 0 saturated carbocycles. The van der Waals surface area contributed by atoms with Crippen molar-refractivity contribution in [1.29, 1.82) is 0 Å². The summed E-state index contributed by atoms with van der Waals surface area (Å²) in [6, 6.07) is 5.01. The van der Waals surface area contributed by atoms with Gasteiger partial charge in [-0.2, -0.15) is 0 Å². The van der Waals surface area contributed by atoms with Crippen LogP contribution in [0.2, 0.25) is 5.02 Å². The predicted molar refractivity (Wildman–Crippen MR) is 72.4 cm³/mol. The number of hydrogen-bond donors (Lipinski definition) is 2. The van der Waals surface area contributed by atoms with Gasteiger partial charge in [-0.3, -0.25) is 4.79 Å². The average Bonchev–Trinajstić information content (AvgIpc) is 2.15. The van der Waals surface area contributed by atoms with Gasteiger partial charge in [0, 0.05) is 10.5 Å². The first-order valence-corrected chi connectivity index (χ1v) is 6.51. The summed E-state index contributed by atoms with van der Waals surface area (Å²) in [5, 5.41) is 12.4. The number of aliphatic hydroxyl groups excluding tert-OH is 1. The van der Waals surface area contributed by atoms with Crippen LogP contribution < -0.4 is 5.32 Å². The van der Waals surface area contributed by atoms with E-state index in [1.807, 2.05) is 6.92 Å². The van der Waals surface area contributed by atoms with Gasteiger partial charge in [-0.1, -0.05) is 27.5 Å². The smallest absolute Gasteiger partial charge is 0.253 e. The lowest BCUT2D eigenvalue weighted by atomic mass is 10.1. The molecule has 0 heterocycles. The quantitative estimate of drug-likeness (QED) is 0.896. The first kappa shape index (κ1) is 14.5. The lowest BCUT2D eigenvalue weighted by molar-refractivity contribution is 0.0923. The number of rotatable bonds is 4. The van der Waals surface area contributed by atoms with Gasteiger partial charge in [-0.05, 0) is 38.5 Å². The molecule has 2 N–H and O–H groups in total. The van der Waals surface area contributed by atoms with E-state index in [9.17, 15) is 9.90 Å². The third kappa shape index (κ3) is 4.66. The molecule has 94 valence electrons. The number of aliphatic hydroxyl groups is 1. The highest BCUT2D eigenvalue weighted by Gasteiger charge is 2.14. The molecule has 0 spiro atoms. The first-order chi connectivity index (χ1) is 7.90. The molecule has 0 bridgehead atoms. The number of benzene rings is 1. The summed E-state index contributed by atoms with van der Waals surface area (Å²) in [6.07, 6.45) is 0.0746. The Morgan fingerprint density at radius 1 is 1.53 bits per heavy atom. The van der Waals surface area contributed by atoms with Gasteiger partial charge in [-0.25, -0.2) is 0 Å². The molecule has 17 heavy (non-hydrogen) atoms. The zero-order valence-electron chi connectivity index (χ0n) is 9.71. The normalized spacial score (nSPS) is 14.2.